The molecule has 0 saturated carbocycles. The molecule has 4 nitrogen and oxygen atoms in total. The average Bonchev–Trinajstić information content (AvgIpc) is 2.22. The maximum atomic E-state index is 11.7. The fourth-order valence-electron chi connectivity index (χ4n) is 2.23. The molecule has 3 atom stereocenters. The Morgan fingerprint density at radius 2 is 2.27 bits per heavy atom. The van der Waals surface area contributed by atoms with Gasteiger partial charge in [-0.3, -0.25) is 4.79 Å². The van der Waals surface area contributed by atoms with Crippen molar-refractivity contribution in [3.63, 3.8) is 0 Å². The Bertz CT molecular complexity index is 308. The maximum Gasteiger partial charge on any atom is 0.165 e. The maximum absolute atomic E-state index is 11.7. The second-order valence-corrected chi connectivity index (χ2v) is 4.14. The highest BCUT2D eigenvalue weighted by Crippen LogP contribution is 2.34. The second kappa shape index (κ2) is 3.94. The van der Waals surface area contributed by atoms with Crippen molar-refractivity contribution < 1.29 is 19.4 Å². The number of hydrogen-bond donors (Lipinski definition) is 1. The zero-order valence-corrected chi connectivity index (χ0v) is 9.03. The smallest absolute Gasteiger partial charge is 0.165 e. The third-order valence-electron chi connectivity index (χ3n) is 2.99. The monoisotopic (exact) mass is 212 g/mol. The molecule has 1 heterocycles. The van der Waals surface area contributed by atoms with E-state index in [1.165, 1.54) is 0 Å². The summed E-state index contributed by atoms with van der Waals surface area (Å²) in [6, 6.07) is 0. The average molecular weight is 212 g/mol. The van der Waals surface area contributed by atoms with Crippen LogP contribution in [0.5, 0.6) is 0 Å². The van der Waals surface area contributed by atoms with Crippen LogP contribution in [0.25, 0.3) is 0 Å². The summed E-state index contributed by atoms with van der Waals surface area (Å²) in [5.74, 6) is 0.492. The van der Waals surface area contributed by atoms with E-state index in [1.807, 2.05) is 6.92 Å². The first-order chi connectivity index (χ1) is 7.13. The molecule has 0 amide bonds. The van der Waals surface area contributed by atoms with Crippen molar-refractivity contribution in [3.8, 4) is 0 Å². The Kier molecular flexibility index (Phi) is 2.80. The molecule has 4 heteroatoms. The van der Waals surface area contributed by atoms with Crippen LogP contribution in [0.15, 0.2) is 11.3 Å². The Morgan fingerprint density at radius 3 is 2.93 bits per heavy atom. The Hall–Kier alpha value is -0.870. The lowest BCUT2D eigenvalue weighted by Gasteiger charge is -2.35. The molecule has 0 bridgehead atoms. The van der Waals surface area contributed by atoms with Gasteiger partial charge in [0, 0.05) is 20.0 Å². The van der Waals surface area contributed by atoms with Gasteiger partial charge < -0.3 is 14.6 Å². The predicted molar refractivity (Wildman–Crippen MR) is 53.2 cm³/mol. The van der Waals surface area contributed by atoms with E-state index in [0.29, 0.717) is 30.6 Å². The molecule has 0 aromatic carbocycles. The van der Waals surface area contributed by atoms with E-state index in [0.717, 1.165) is 0 Å². The molecule has 1 aliphatic carbocycles. The van der Waals surface area contributed by atoms with Crippen molar-refractivity contribution in [2.24, 2.45) is 0 Å². The van der Waals surface area contributed by atoms with E-state index in [-0.39, 0.29) is 18.0 Å². The van der Waals surface area contributed by atoms with E-state index in [2.05, 4.69) is 0 Å². The van der Waals surface area contributed by atoms with Gasteiger partial charge in [0.15, 0.2) is 5.78 Å². The van der Waals surface area contributed by atoms with Gasteiger partial charge in [-0.05, 0) is 13.3 Å². The number of ketones is 1. The number of ether oxygens (including phenoxy) is 2. The van der Waals surface area contributed by atoms with E-state index < -0.39 is 6.10 Å². The van der Waals surface area contributed by atoms with Crippen LogP contribution in [0.1, 0.15) is 26.2 Å². The fourth-order valence-corrected chi connectivity index (χ4v) is 2.23. The van der Waals surface area contributed by atoms with Crippen molar-refractivity contribution in [1.82, 2.24) is 0 Å². The summed E-state index contributed by atoms with van der Waals surface area (Å²) in [6.07, 6.45) is 0.658. The van der Waals surface area contributed by atoms with Gasteiger partial charge in [-0.15, -0.1) is 0 Å². The lowest BCUT2D eigenvalue weighted by molar-refractivity contribution is -0.121. The van der Waals surface area contributed by atoms with Gasteiger partial charge in [0.05, 0.1) is 17.8 Å². The molecule has 2 aliphatic rings. The lowest BCUT2D eigenvalue weighted by Crippen LogP contribution is -2.39. The lowest BCUT2D eigenvalue weighted by atomic mass is 9.86. The highest BCUT2D eigenvalue weighted by atomic mass is 16.5. The number of methoxy groups -OCH3 is 1. The van der Waals surface area contributed by atoms with Gasteiger partial charge in [0.2, 0.25) is 0 Å². The van der Waals surface area contributed by atoms with Crippen molar-refractivity contribution >= 4 is 5.78 Å². The summed E-state index contributed by atoms with van der Waals surface area (Å²) < 4.78 is 10.8. The molecule has 84 valence electrons. The first-order valence-corrected chi connectivity index (χ1v) is 5.28. The van der Waals surface area contributed by atoms with Gasteiger partial charge in [0.25, 0.3) is 0 Å². The topological polar surface area (TPSA) is 55.8 Å². The van der Waals surface area contributed by atoms with Crippen LogP contribution in [0.4, 0.5) is 0 Å². The third kappa shape index (κ3) is 1.79. The molecule has 1 aliphatic heterocycles. The summed E-state index contributed by atoms with van der Waals surface area (Å²) in [6.45, 7) is 1.92. The molecule has 0 spiro atoms. The van der Waals surface area contributed by atoms with Crippen molar-refractivity contribution in [2.45, 2.75) is 44.5 Å². The molecular weight excluding hydrogens is 196 g/mol. The van der Waals surface area contributed by atoms with E-state index in [4.69, 9.17) is 9.47 Å². The minimum atomic E-state index is -0.641. The first kappa shape index (κ1) is 10.6. The number of hydrogen-bond acceptors (Lipinski definition) is 4. The van der Waals surface area contributed by atoms with Crippen LogP contribution in [-0.2, 0) is 14.3 Å². The Morgan fingerprint density at radius 1 is 1.53 bits per heavy atom. The van der Waals surface area contributed by atoms with E-state index in [1.54, 1.807) is 7.11 Å². The van der Waals surface area contributed by atoms with Gasteiger partial charge in [-0.2, -0.15) is 0 Å². The number of carbonyl (C=O) groups excluding carboxylic acids is 1. The number of aliphatic hydroxyl groups is 1. The van der Waals surface area contributed by atoms with Gasteiger partial charge in [-0.25, -0.2) is 0 Å². The number of Topliss-reactive ketones (excluding diaryl/α,β-unsaturated/α-hetero) is 1. The Balaban J connectivity index is 2.38. The fraction of sp³-hybridized carbons (Fsp3) is 0.727. The predicted octanol–water partition coefficient (Wildman–Crippen LogP) is 0.788. The third-order valence-corrected chi connectivity index (χ3v) is 2.99. The van der Waals surface area contributed by atoms with Crippen molar-refractivity contribution in [3.05, 3.63) is 11.3 Å². The summed E-state index contributed by atoms with van der Waals surface area (Å²) in [4.78, 5) is 11.7. The van der Waals surface area contributed by atoms with Gasteiger partial charge in [0.1, 0.15) is 11.9 Å². The SMILES string of the molecule is CO[C@@H]1C[C@@H](C)OC2=C1C(=O)CC[C@@H]2O. The minimum Gasteiger partial charge on any atom is -0.492 e. The van der Waals surface area contributed by atoms with Crippen LogP contribution in [0, 0.1) is 0 Å². The van der Waals surface area contributed by atoms with E-state index >= 15 is 0 Å². The molecule has 0 fully saturated rings. The molecule has 0 unspecified atom stereocenters. The van der Waals surface area contributed by atoms with Crippen LogP contribution >= 0.6 is 0 Å². The van der Waals surface area contributed by atoms with Crippen LogP contribution in [-0.4, -0.2) is 36.3 Å². The Labute approximate surface area is 88.9 Å². The molecule has 2 rings (SSSR count). The molecule has 0 aromatic rings. The van der Waals surface area contributed by atoms with Crippen LogP contribution < -0.4 is 0 Å². The molecule has 0 radical (unpaired) electrons. The van der Waals surface area contributed by atoms with E-state index in [9.17, 15) is 9.90 Å². The van der Waals surface area contributed by atoms with Crippen molar-refractivity contribution in [2.75, 3.05) is 7.11 Å². The second-order valence-electron chi connectivity index (χ2n) is 4.14. The number of aliphatic hydroxyl groups excluding tert-OH is 1. The summed E-state index contributed by atoms with van der Waals surface area (Å²) >= 11 is 0. The largest absolute Gasteiger partial charge is 0.492 e. The molecule has 15 heavy (non-hydrogen) atoms. The van der Waals surface area contributed by atoms with Gasteiger partial charge >= 0.3 is 0 Å². The highest BCUT2D eigenvalue weighted by Gasteiger charge is 2.38. The number of rotatable bonds is 1. The zero-order chi connectivity index (χ0) is 11.0. The molecule has 0 saturated heterocycles. The van der Waals surface area contributed by atoms with Crippen molar-refractivity contribution in [1.29, 1.82) is 0 Å². The van der Waals surface area contributed by atoms with Gasteiger partial charge in [-0.1, -0.05) is 0 Å². The summed E-state index contributed by atoms with van der Waals surface area (Å²) in [5, 5.41) is 9.76. The number of carbonyl (C=O) groups is 1. The summed E-state index contributed by atoms with van der Waals surface area (Å²) in [5.41, 5.74) is 0.550. The molecule has 0 aromatic heterocycles. The minimum absolute atomic E-state index is 0.00532. The zero-order valence-electron chi connectivity index (χ0n) is 9.03. The van der Waals surface area contributed by atoms with Crippen LogP contribution in [0.2, 0.25) is 0 Å². The quantitative estimate of drug-likeness (QED) is 0.698. The summed E-state index contributed by atoms with van der Waals surface area (Å²) in [7, 11) is 1.58. The molecular formula is C11H16O4. The first-order valence-electron chi connectivity index (χ1n) is 5.28. The molecule has 1 N–H and O–H groups in total. The highest BCUT2D eigenvalue weighted by molar-refractivity contribution is 5.98. The van der Waals surface area contributed by atoms with Crippen LogP contribution in [0.3, 0.4) is 0 Å². The normalized spacial score (nSPS) is 36.2. The standard InChI is InChI=1S/C11H16O4/c1-6-5-9(14-2)10-7(12)3-4-8(13)11(10)15-6/h6,8-9,13H,3-5H2,1-2H3/t6-,8+,9-/m1/s1.